The van der Waals surface area contributed by atoms with E-state index in [1.807, 2.05) is 0 Å². The smallest absolute Gasteiger partial charge is 0.409 e. The van der Waals surface area contributed by atoms with Gasteiger partial charge < -0.3 is 9.64 Å². The van der Waals surface area contributed by atoms with Crippen molar-refractivity contribution < 1.29 is 9.53 Å². The average molecular weight is 249 g/mol. The van der Waals surface area contributed by atoms with Crippen molar-refractivity contribution in [2.24, 2.45) is 0 Å². The Labute approximate surface area is 110 Å². The van der Waals surface area contributed by atoms with Gasteiger partial charge in [0, 0.05) is 13.6 Å². The lowest BCUT2D eigenvalue weighted by molar-refractivity contribution is 0.134. The molecule has 0 aliphatic heterocycles. The molecule has 0 unspecified atom stereocenters. The standard InChI is InChI=1S/C15H23NO2/c1-11(2)13-7-6-12(3)14(10-13)8-9-16(4)15(17)18-5/h6-7,10-11H,8-9H2,1-5H3. The second kappa shape index (κ2) is 6.43. The van der Waals surface area contributed by atoms with Crippen LogP contribution >= 0.6 is 0 Å². The molecule has 0 saturated heterocycles. The lowest BCUT2D eigenvalue weighted by atomic mass is 9.96. The molecular formula is C15H23NO2. The number of methoxy groups -OCH3 is 1. The van der Waals surface area contributed by atoms with Crippen LogP contribution in [0.2, 0.25) is 0 Å². The maximum Gasteiger partial charge on any atom is 0.409 e. The second-order valence-corrected chi connectivity index (χ2v) is 4.98. The fraction of sp³-hybridized carbons (Fsp3) is 0.533. The Morgan fingerprint density at radius 3 is 2.61 bits per heavy atom. The number of carbonyl (C=O) groups excluding carboxylic acids is 1. The molecule has 3 nitrogen and oxygen atoms in total. The largest absolute Gasteiger partial charge is 0.453 e. The van der Waals surface area contributed by atoms with Gasteiger partial charge in [-0.3, -0.25) is 0 Å². The molecule has 0 spiro atoms. The van der Waals surface area contributed by atoms with Gasteiger partial charge in [-0.2, -0.15) is 0 Å². The maximum absolute atomic E-state index is 11.3. The molecule has 0 saturated carbocycles. The van der Waals surface area contributed by atoms with E-state index in [1.54, 1.807) is 11.9 Å². The Morgan fingerprint density at radius 2 is 2.06 bits per heavy atom. The number of rotatable bonds is 4. The van der Waals surface area contributed by atoms with Crippen LogP contribution in [0.3, 0.4) is 0 Å². The Balaban J connectivity index is 2.72. The molecule has 1 aromatic carbocycles. The number of carbonyl (C=O) groups is 1. The summed E-state index contributed by atoms with van der Waals surface area (Å²) < 4.78 is 4.68. The van der Waals surface area contributed by atoms with Gasteiger partial charge in [0.1, 0.15) is 0 Å². The molecule has 1 aromatic rings. The third kappa shape index (κ3) is 3.76. The van der Waals surface area contributed by atoms with Crippen LogP contribution < -0.4 is 0 Å². The molecule has 0 radical (unpaired) electrons. The summed E-state index contributed by atoms with van der Waals surface area (Å²) in [7, 11) is 3.16. The SMILES string of the molecule is COC(=O)N(C)CCc1cc(C(C)C)ccc1C. The van der Waals surface area contributed by atoms with Crippen LogP contribution in [0.25, 0.3) is 0 Å². The molecule has 0 atom stereocenters. The quantitative estimate of drug-likeness (QED) is 0.819. The van der Waals surface area contributed by atoms with Gasteiger partial charge in [0.2, 0.25) is 0 Å². The maximum atomic E-state index is 11.3. The molecule has 0 aliphatic rings. The van der Waals surface area contributed by atoms with E-state index in [-0.39, 0.29) is 6.09 Å². The normalized spacial score (nSPS) is 10.6. The molecule has 0 N–H and O–H groups in total. The van der Waals surface area contributed by atoms with E-state index in [2.05, 4.69) is 43.7 Å². The van der Waals surface area contributed by atoms with Gasteiger partial charge in [-0.25, -0.2) is 4.79 Å². The topological polar surface area (TPSA) is 29.5 Å². The Kier molecular flexibility index (Phi) is 5.20. The number of hydrogen-bond acceptors (Lipinski definition) is 2. The highest BCUT2D eigenvalue weighted by Gasteiger charge is 2.09. The minimum absolute atomic E-state index is 0.285. The molecule has 3 heteroatoms. The number of ether oxygens (including phenoxy) is 1. The summed E-state index contributed by atoms with van der Waals surface area (Å²) in [5.74, 6) is 0.530. The van der Waals surface area contributed by atoms with Crippen LogP contribution in [0, 0.1) is 6.92 Å². The van der Waals surface area contributed by atoms with Gasteiger partial charge in [-0.1, -0.05) is 32.0 Å². The highest BCUT2D eigenvalue weighted by atomic mass is 16.5. The van der Waals surface area contributed by atoms with E-state index in [1.165, 1.54) is 23.8 Å². The van der Waals surface area contributed by atoms with Gasteiger partial charge in [-0.05, 0) is 36.0 Å². The van der Waals surface area contributed by atoms with Crippen LogP contribution in [0.4, 0.5) is 4.79 Å². The number of aryl methyl sites for hydroxylation is 1. The first kappa shape index (κ1) is 14.6. The van der Waals surface area contributed by atoms with E-state index in [0.29, 0.717) is 12.5 Å². The van der Waals surface area contributed by atoms with E-state index >= 15 is 0 Å². The molecule has 18 heavy (non-hydrogen) atoms. The molecule has 0 heterocycles. The average Bonchev–Trinajstić information content (AvgIpc) is 2.36. The number of hydrogen-bond donors (Lipinski definition) is 0. The Hall–Kier alpha value is -1.51. The summed E-state index contributed by atoms with van der Waals surface area (Å²) in [6, 6.07) is 6.57. The van der Waals surface area contributed by atoms with Crippen LogP contribution in [0.1, 0.15) is 36.5 Å². The molecular weight excluding hydrogens is 226 g/mol. The van der Waals surface area contributed by atoms with E-state index in [9.17, 15) is 4.79 Å². The van der Waals surface area contributed by atoms with Crippen molar-refractivity contribution in [2.75, 3.05) is 20.7 Å². The molecule has 100 valence electrons. The molecule has 1 amide bonds. The van der Waals surface area contributed by atoms with Crippen molar-refractivity contribution in [3.05, 3.63) is 34.9 Å². The van der Waals surface area contributed by atoms with Crippen LogP contribution in [0.15, 0.2) is 18.2 Å². The lowest BCUT2D eigenvalue weighted by Gasteiger charge is -2.17. The zero-order chi connectivity index (χ0) is 13.7. The first-order valence-electron chi connectivity index (χ1n) is 6.34. The van der Waals surface area contributed by atoms with Gasteiger partial charge in [0.05, 0.1) is 7.11 Å². The Bertz CT molecular complexity index is 413. The summed E-state index contributed by atoms with van der Waals surface area (Å²) in [4.78, 5) is 12.9. The van der Waals surface area contributed by atoms with Crippen molar-refractivity contribution in [1.82, 2.24) is 4.90 Å². The molecule has 1 rings (SSSR count). The third-order valence-electron chi connectivity index (χ3n) is 3.24. The minimum Gasteiger partial charge on any atom is -0.453 e. The minimum atomic E-state index is -0.285. The van der Waals surface area contributed by atoms with Gasteiger partial charge in [0.15, 0.2) is 0 Å². The highest BCUT2D eigenvalue weighted by Crippen LogP contribution is 2.19. The van der Waals surface area contributed by atoms with Crippen molar-refractivity contribution in [3.8, 4) is 0 Å². The highest BCUT2D eigenvalue weighted by molar-refractivity contribution is 5.66. The predicted molar refractivity (Wildman–Crippen MR) is 74.0 cm³/mol. The number of nitrogens with zero attached hydrogens (tertiary/aromatic N) is 1. The van der Waals surface area contributed by atoms with E-state index < -0.39 is 0 Å². The van der Waals surface area contributed by atoms with Crippen LogP contribution in [-0.4, -0.2) is 31.7 Å². The van der Waals surface area contributed by atoms with Crippen molar-refractivity contribution in [3.63, 3.8) is 0 Å². The van der Waals surface area contributed by atoms with E-state index in [0.717, 1.165) is 6.42 Å². The van der Waals surface area contributed by atoms with Crippen LogP contribution in [-0.2, 0) is 11.2 Å². The number of benzene rings is 1. The fourth-order valence-electron chi connectivity index (χ4n) is 1.86. The van der Waals surface area contributed by atoms with Gasteiger partial charge in [0.25, 0.3) is 0 Å². The molecule has 0 aliphatic carbocycles. The monoisotopic (exact) mass is 249 g/mol. The summed E-state index contributed by atoms with van der Waals surface area (Å²) in [5, 5.41) is 0. The predicted octanol–water partition coefficient (Wildman–Crippen LogP) is 3.36. The van der Waals surface area contributed by atoms with Crippen molar-refractivity contribution in [1.29, 1.82) is 0 Å². The molecule has 0 fully saturated rings. The summed E-state index contributed by atoms with van der Waals surface area (Å²) in [6.45, 7) is 7.16. The number of likely N-dealkylation sites (N-methyl/N-ethyl adjacent to an activating group) is 1. The number of amides is 1. The fourth-order valence-corrected chi connectivity index (χ4v) is 1.86. The third-order valence-corrected chi connectivity index (χ3v) is 3.24. The second-order valence-electron chi connectivity index (χ2n) is 4.98. The first-order chi connectivity index (χ1) is 8.45. The van der Waals surface area contributed by atoms with Gasteiger partial charge >= 0.3 is 6.09 Å². The summed E-state index contributed by atoms with van der Waals surface area (Å²) >= 11 is 0. The summed E-state index contributed by atoms with van der Waals surface area (Å²) in [5.41, 5.74) is 3.92. The van der Waals surface area contributed by atoms with E-state index in [4.69, 9.17) is 0 Å². The zero-order valence-corrected chi connectivity index (χ0v) is 12.0. The lowest BCUT2D eigenvalue weighted by Crippen LogP contribution is -2.28. The summed E-state index contributed by atoms with van der Waals surface area (Å²) in [6.07, 6.45) is 0.575. The van der Waals surface area contributed by atoms with Crippen molar-refractivity contribution >= 4 is 6.09 Å². The zero-order valence-electron chi connectivity index (χ0n) is 12.0. The Morgan fingerprint density at radius 1 is 1.39 bits per heavy atom. The molecule has 0 aromatic heterocycles. The molecule has 0 bridgehead atoms. The van der Waals surface area contributed by atoms with Crippen LogP contribution in [0.5, 0.6) is 0 Å². The first-order valence-corrected chi connectivity index (χ1v) is 6.34. The van der Waals surface area contributed by atoms with Gasteiger partial charge in [-0.15, -0.1) is 0 Å². The van der Waals surface area contributed by atoms with Crippen molar-refractivity contribution in [2.45, 2.75) is 33.1 Å².